The van der Waals surface area contributed by atoms with Gasteiger partial charge in [0, 0.05) is 17.5 Å². The Morgan fingerprint density at radius 3 is 2.13 bits per heavy atom. The van der Waals surface area contributed by atoms with Gasteiger partial charge in [-0.15, -0.1) is 0 Å². The average molecular weight is 317 g/mol. The number of amides is 1. The third kappa shape index (κ3) is 3.31. The van der Waals surface area contributed by atoms with Crippen LogP contribution in [0.15, 0.2) is 24.3 Å². The fourth-order valence-electron chi connectivity index (χ4n) is 2.69. The minimum Gasteiger partial charge on any atom is -0.480 e. The number of fused-ring (bicyclic) bond motifs is 1. The first-order valence-corrected chi connectivity index (χ1v) is 7.56. The highest BCUT2D eigenvalue weighted by molar-refractivity contribution is 6.27. The third-order valence-corrected chi connectivity index (χ3v) is 4.28. The molecule has 0 aliphatic heterocycles. The Labute approximate surface area is 133 Å². The van der Waals surface area contributed by atoms with Crippen LogP contribution < -0.4 is 5.32 Å². The van der Waals surface area contributed by atoms with Crippen molar-refractivity contribution in [2.45, 2.75) is 32.7 Å². The fraction of sp³-hybridized carbons (Fsp3) is 0.412. The molecular formula is C17H19NO5. The molecule has 0 saturated heterocycles. The van der Waals surface area contributed by atoms with Crippen molar-refractivity contribution in [2.75, 3.05) is 0 Å². The maximum atomic E-state index is 12.2. The first-order chi connectivity index (χ1) is 10.9. The van der Waals surface area contributed by atoms with E-state index in [-0.39, 0.29) is 23.9 Å². The number of nitrogens with one attached hydrogen (secondary N) is 1. The van der Waals surface area contributed by atoms with E-state index >= 15 is 0 Å². The normalized spacial score (nSPS) is 16.8. The SMILES string of the molecule is CCC(C)C(NC(=O)CC1C(=O)c2ccccc2C1=O)C(=O)O. The molecule has 2 unspecified atom stereocenters. The molecule has 122 valence electrons. The number of benzene rings is 1. The van der Waals surface area contributed by atoms with Gasteiger partial charge in [-0.1, -0.05) is 44.5 Å². The van der Waals surface area contributed by atoms with Gasteiger partial charge in [-0.05, 0) is 5.92 Å². The second-order valence-electron chi connectivity index (χ2n) is 5.80. The van der Waals surface area contributed by atoms with Crippen molar-refractivity contribution >= 4 is 23.4 Å². The molecule has 2 N–H and O–H groups in total. The van der Waals surface area contributed by atoms with Crippen LogP contribution in [0.25, 0.3) is 0 Å². The van der Waals surface area contributed by atoms with E-state index in [2.05, 4.69) is 5.32 Å². The molecule has 6 nitrogen and oxygen atoms in total. The maximum Gasteiger partial charge on any atom is 0.326 e. The van der Waals surface area contributed by atoms with Gasteiger partial charge in [0.25, 0.3) is 0 Å². The van der Waals surface area contributed by atoms with E-state index in [9.17, 15) is 24.3 Å². The van der Waals surface area contributed by atoms with Crippen molar-refractivity contribution in [3.63, 3.8) is 0 Å². The predicted molar refractivity (Wildman–Crippen MR) is 82.2 cm³/mol. The number of rotatable bonds is 6. The number of hydrogen-bond donors (Lipinski definition) is 2. The molecule has 0 spiro atoms. The molecule has 1 amide bonds. The number of ketones is 2. The molecule has 2 atom stereocenters. The van der Waals surface area contributed by atoms with Crippen molar-refractivity contribution in [2.24, 2.45) is 11.8 Å². The summed E-state index contributed by atoms with van der Waals surface area (Å²) in [5.41, 5.74) is 0.652. The number of carbonyl (C=O) groups excluding carboxylic acids is 3. The van der Waals surface area contributed by atoms with E-state index < -0.39 is 23.8 Å². The second kappa shape index (κ2) is 6.73. The Morgan fingerprint density at radius 2 is 1.70 bits per heavy atom. The van der Waals surface area contributed by atoms with Gasteiger partial charge >= 0.3 is 5.97 Å². The van der Waals surface area contributed by atoms with Gasteiger partial charge in [-0.2, -0.15) is 0 Å². The number of carbonyl (C=O) groups is 4. The average Bonchev–Trinajstić information content (AvgIpc) is 2.77. The summed E-state index contributed by atoms with van der Waals surface area (Å²) in [6, 6.07) is 5.42. The van der Waals surface area contributed by atoms with Crippen LogP contribution in [0.3, 0.4) is 0 Å². The van der Waals surface area contributed by atoms with Crippen LogP contribution in [0.4, 0.5) is 0 Å². The molecule has 0 radical (unpaired) electrons. The van der Waals surface area contributed by atoms with E-state index in [4.69, 9.17) is 0 Å². The maximum absolute atomic E-state index is 12.2. The molecule has 1 aromatic rings. The van der Waals surface area contributed by atoms with Crippen LogP contribution >= 0.6 is 0 Å². The monoisotopic (exact) mass is 317 g/mol. The fourth-order valence-corrected chi connectivity index (χ4v) is 2.69. The lowest BCUT2D eigenvalue weighted by atomic mass is 9.96. The van der Waals surface area contributed by atoms with Crippen LogP contribution in [-0.4, -0.2) is 34.6 Å². The molecule has 0 bridgehead atoms. The molecule has 23 heavy (non-hydrogen) atoms. The van der Waals surface area contributed by atoms with Crippen LogP contribution in [0.2, 0.25) is 0 Å². The zero-order valence-corrected chi connectivity index (χ0v) is 13.0. The van der Waals surface area contributed by atoms with Gasteiger partial charge in [0.05, 0.1) is 5.92 Å². The number of Topliss-reactive ketones (excluding diaryl/α,β-unsaturated/α-hetero) is 2. The van der Waals surface area contributed by atoms with E-state index in [1.807, 2.05) is 6.92 Å². The van der Waals surface area contributed by atoms with Gasteiger partial charge in [0.1, 0.15) is 6.04 Å². The summed E-state index contributed by atoms with van der Waals surface area (Å²) in [6.45, 7) is 3.55. The summed E-state index contributed by atoms with van der Waals surface area (Å²) in [5.74, 6) is -3.79. The van der Waals surface area contributed by atoms with Crippen LogP contribution in [0, 0.1) is 11.8 Å². The van der Waals surface area contributed by atoms with Crippen molar-refractivity contribution < 1.29 is 24.3 Å². The number of hydrogen-bond acceptors (Lipinski definition) is 4. The van der Waals surface area contributed by atoms with Gasteiger partial charge in [0.15, 0.2) is 11.6 Å². The quantitative estimate of drug-likeness (QED) is 0.778. The van der Waals surface area contributed by atoms with Crippen molar-refractivity contribution in [3.8, 4) is 0 Å². The summed E-state index contributed by atoms with van der Waals surface area (Å²) >= 11 is 0. The van der Waals surface area contributed by atoms with Gasteiger partial charge in [-0.25, -0.2) is 4.79 Å². The summed E-state index contributed by atoms with van der Waals surface area (Å²) in [6.07, 6.45) is 0.260. The summed E-state index contributed by atoms with van der Waals surface area (Å²) in [5, 5.41) is 11.6. The minimum atomic E-state index is -1.12. The van der Waals surface area contributed by atoms with Gasteiger partial charge < -0.3 is 10.4 Å². The highest BCUT2D eigenvalue weighted by atomic mass is 16.4. The largest absolute Gasteiger partial charge is 0.480 e. The van der Waals surface area contributed by atoms with Crippen LogP contribution in [0.5, 0.6) is 0 Å². The van der Waals surface area contributed by atoms with Crippen LogP contribution in [-0.2, 0) is 9.59 Å². The standard InChI is InChI=1S/C17H19NO5/c1-3-9(2)14(17(22)23)18-13(19)8-12-15(20)10-6-4-5-7-11(10)16(12)21/h4-7,9,12,14H,3,8H2,1-2H3,(H,18,19)(H,22,23). The van der Waals surface area contributed by atoms with Crippen molar-refractivity contribution in [1.29, 1.82) is 0 Å². The molecule has 1 aliphatic rings. The predicted octanol–water partition coefficient (Wildman–Crippen LogP) is 1.69. The number of carboxylic acid groups (broad SMARTS) is 1. The summed E-state index contributed by atoms with van der Waals surface area (Å²) in [4.78, 5) is 47.8. The van der Waals surface area contributed by atoms with Gasteiger partial charge in [0.2, 0.25) is 5.91 Å². The van der Waals surface area contributed by atoms with E-state index in [0.29, 0.717) is 17.5 Å². The Hall–Kier alpha value is -2.50. The van der Waals surface area contributed by atoms with E-state index in [1.165, 1.54) is 0 Å². The molecule has 1 aromatic carbocycles. The molecule has 1 aliphatic carbocycles. The zero-order valence-electron chi connectivity index (χ0n) is 13.0. The number of aliphatic carboxylic acids is 1. The van der Waals surface area contributed by atoms with E-state index in [0.717, 1.165) is 0 Å². The molecular weight excluding hydrogens is 298 g/mol. The lowest BCUT2D eigenvalue weighted by molar-refractivity contribution is -0.143. The lowest BCUT2D eigenvalue weighted by Gasteiger charge is -2.20. The first kappa shape index (κ1) is 16.9. The second-order valence-corrected chi connectivity index (χ2v) is 5.80. The topological polar surface area (TPSA) is 101 Å². The first-order valence-electron chi connectivity index (χ1n) is 7.56. The number of carboxylic acids is 1. The third-order valence-electron chi connectivity index (χ3n) is 4.28. The molecule has 0 heterocycles. The molecule has 2 rings (SSSR count). The zero-order chi connectivity index (χ0) is 17.1. The van der Waals surface area contributed by atoms with Crippen LogP contribution in [0.1, 0.15) is 47.4 Å². The summed E-state index contributed by atoms with van der Waals surface area (Å²) < 4.78 is 0. The molecule has 0 aromatic heterocycles. The smallest absolute Gasteiger partial charge is 0.326 e. The Balaban J connectivity index is 2.08. The summed E-state index contributed by atoms with van der Waals surface area (Å²) in [7, 11) is 0. The van der Waals surface area contributed by atoms with Gasteiger partial charge in [-0.3, -0.25) is 14.4 Å². The highest BCUT2D eigenvalue weighted by Gasteiger charge is 2.40. The molecule has 0 saturated carbocycles. The van der Waals surface area contributed by atoms with E-state index in [1.54, 1.807) is 31.2 Å². The minimum absolute atomic E-state index is 0.247. The lowest BCUT2D eigenvalue weighted by Crippen LogP contribution is -2.45. The Kier molecular flexibility index (Phi) is 4.93. The van der Waals surface area contributed by atoms with Crippen molar-refractivity contribution in [3.05, 3.63) is 35.4 Å². The molecule has 6 heteroatoms. The Bertz CT molecular complexity index is 632. The Morgan fingerprint density at radius 1 is 1.17 bits per heavy atom. The van der Waals surface area contributed by atoms with Crippen molar-refractivity contribution in [1.82, 2.24) is 5.32 Å². The molecule has 0 fully saturated rings. The highest BCUT2D eigenvalue weighted by Crippen LogP contribution is 2.28.